The fourth-order valence-corrected chi connectivity index (χ4v) is 2.59. The van der Waals surface area contributed by atoms with Gasteiger partial charge < -0.3 is 10.6 Å². The van der Waals surface area contributed by atoms with Crippen LogP contribution in [0.3, 0.4) is 0 Å². The van der Waals surface area contributed by atoms with Crippen molar-refractivity contribution in [2.24, 2.45) is 5.92 Å². The van der Waals surface area contributed by atoms with E-state index in [0.717, 1.165) is 24.6 Å². The monoisotopic (exact) mass is 225 g/mol. The first-order valence-corrected chi connectivity index (χ1v) is 6.54. The van der Waals surface area contributed by atoms with E-state index >= 15 is 0 Å². The van der Waals surface area contributed by atoms with Gasteiger partial charge in [-0.2, -0.15) is 0 Å². The summed E-state index contributed by atoms with van der Waals surface area (Å²) in [4.78, 5) is 6.82. The third kappa shape index (κ3) is 3.18. The zero-order valence-corrected chi connectivity index (χ0v) is 10.1. The molecule has 2 heterocycles. The van der Waals surface area contributed by atoms with E-state index in [1.807, 2.05) is 0 Å². The number of hydrogen-bond donors (Lipinski definition) is 1. The van der Waals surface area contributed by atoms with Crippen molar-refractivity contribution in [3.05, 3.63) is 11.1 Å². The van der Waals surface area contributed by atoms with Gasteiger partial charge in [0.25, 0.3) is 0 Å². The summed E-state index contributed by atoms with van der Waals surface area (Å²) in [7, 11) is 0. The van der Waals surface area contributed by atoms with Crippen LogP contribution in [0.2, 0.25) is 0 Å². The number of likely N-dealkylation sites (tertiary alicyclic amines) is 1. The van der Waals surface area contributed by atoms with Gasteiger partial charge in [0.15, 0.2) is 5.13 Å². The van der Waals surface area contributed by atoms with Gasteiger partial charge >= 0.3 is 0 Å². The van der Waals surface area contributed by atoms with Gasteiger partial charge in [0.05, 0.1) is 5.69 Å². The average Bonchev–Trinajstić information content (AvgIpc) is 2.64. The summed E-state index contributed by atoms with van der Waals surface area (Å²) in [5, 5.41) is 2.76. The van der Waals surface area contributed by atoms with Crippen LogP contribution in [0.5, 0.6) is 0 Å². The highest BCUT2D eigenvalue weighted by atomic mass is 32.1. The summed E-state index contributed by atoms with van der Waals surface area (Å²) in [5.74, 6) is 0.913. The molecule has 15 heavy (non-hydrogen) atoms. The normalized spacial score (nSPS) is 19.5. The third-order valence-corrected chi connectivity index (χ3v) is 3.85. The SMILES string of the molecule is CC1CCN(CCc2csc(N)n2)CC1. The van der Waals surface area contributed by atoms with Crippen molar-refractivity contribution < 1.29 is 0 Å². The number of rotatable bonds is 3. The maximum absolute atomic E-state index is 5.60. The number of anilines is 1. The van der Waals surface area contributed by atoms with Crippen molar-refractivity contribution in [3.8, 4) is 0 Å². The lowest BCUT2D eigenvalue weighted by Gasteiger charge is -2.29. The van der Waals surface area contributed by atoms with E-state index in [4.69, 9.17) is 5.73 Å². The Bertz CT molecular complexity index is 303. The van der Waals surface area contributed by atoms with Crippen LogP contribution in [0.15, 0.2) is 5.38 Å². The van der Waals surface area contributed by atoms with Crippen LogP contribution in [0.25, 0.3) is 0 Å². The predicted octanol–water partition coefficient (Wildman–Crippen LogP) is 2.00. The van der Waals surface area contributed by atoms with Crippen LogP contribution < -0.4 is 5.73 Å². The van der Waals surface area contributed by atoms with Gasteiger partial charge in [-0.15, -0.1) is 11.3 Å². The lowest BCUT2D eigenvalue weighted by atomic mass is 9.99. The quantitative estimate of drug-likeness (QED) is 0.855. The number of nitrogen functional groups attached to an aromatic ring is 1. The van der Waals surface area contributed by atoms with E-state index in [1.54, 1.807) is 0 Å². The Balaban J connectivity index is 1.74. The van der Waals surface area contributed by atoms with Gasteiger partial charge in [-0.05, 0) is 31.8 Å². The average molecular weight is 225 g/mol. The minimum absolute atomic E-state index is 0.692. The highest BCUT2D eigenvalue weighted by molar-refractivity contribution is 7.13. The number of hydrogen-bond acceptors (Lipinski definition) is 4. The Morgan fingerprint density at radius 3 is 2.87 bits per heavy atom. The largest absolute Gasteiger partial charge is 0.375 e. The number of aromatic nitrogens is 1. The van der Waals surface area contributed by atoms with Crippen molar-refractivity contribution in [2.45, 2.75) is 26.2 Å². The topological polar surface area (TPSA) is 42.1 Å². The van der Waals surface area contributed by atoms with Crippen LogP contribution in [0, 0.1) is 5.92 Å². The molecule has 0 atom stereocenters. The Kier molecular flexibility index (Phi) is 3.59. The van der Waals surface area contributed by atoms with Crippen LogP contribution in [-0.2, 0) is 6.42 Å². The highest BCUT2D eigenvalue weighted by Gasteiger charge is 2.15. The Hall–Kier alpha value is -0.610. The zero-order valence-electron chi connectivity index (χ0n) is 9.28. The van der Waals surface area contributed by atoms with Crippen LogP contribution in [-0.4, -0.2) is 29.5 Å². The zero-order chi connectivity index (χ0) is 10.7. The second-order valence-electron chi connectivity index (χ2n) is 4.45. The first-order chi connectivity index (χ1) is 7.24. The molecule has 84 valence electrons. The molecule has 3 nitrogen and oxygen atoms in total. The van der Waals surface area contributed by atoms with Crippen LogP contribution in [0.1, 0.15) is 25.5 Å². The molecule has 0 unspecified atom stereocenters. The second-order valence-corrected chi connectivity index (χ2v) is 5.34. The molecule has 0 saturated carbocycles. The molecule has 0 radical (unpaired) electrons. The number of thiazole rings is 1. The molecule has 1 aliphatic rings. The Morgan fingerprint density at radius 1 is 1.53 bits per heavy atom. The first-order valence-electron chi connectivity index (χ1n) is 5.66. The van der Waals surface area contributed by atoms with Crippen molar-refractivity contribution in [1.29, 1.82) is 0 Å². The maximum Gasteiger partial charge on any atom is 0.180 e. The first kappa shape index (κ1) is 10.9. The minimum Gasteiger partial charge on any atom is -0.375 e. The summed E-state index contributed by atoms with van der Waals surface area (Å²) in [6.07, 6.45) is 3.74. The molecule has 4 heteroatoms. The van der Waals surface area contributed by atoms with Crippen molar-refractivity contribution in [3.63, 3.8) is 0 Å². The molecular formula is C11H19N3S. The van der Waals surface area contributed by atoms with Gasteiger partial charge in [-0.25, -0.2) is 4.98 Å². The molecule has 2 N–H and O–H groups in total. The molecular weight excluding hydrogens is 206 g/mol. The number of nitrogens with zero attached hydrogens (tertiary/aromatic N) is 2. The molecule has 1 aliphatic heterocycles. The molecule has 0 amide bonds. The summed E-state index contributed by atoms with van der Waals surface area (Å²) in [5.41, 5.74) is 6.75. The van der Waals surface area contributed by atoms with Crippen LogP contribution in [0.4, 0.5) is 5.13 Å². The van der Waals surface area contributed by atoms with Crippen LogP contribution >= 0.6 is 11.3 Å². The van der Waals surface area contributed by atoms with Crippen molar-refractivity contribution >= 4 is 16.5 Å². The molecule has 0 aliphatic carbocycles. The molecule has 0 bridgehead atoms. The molecule has 1 saturated heterocycles. The molecule has 1 fully saturated rings. The molecule has 0 aromatic carbocycles. The number of piperidine rings is 1. The Morgan fingerprint density at radius 2 is 2.27 bits per heavy atom. The minimum atomic E-state index is 0.692. The molecule has 0 spiro atoms. The van der Waals surface area contributed by atoms with Gasteiger partial charge in [0.1, 0.15) is 0 Å². The lowest BCUT2D eigenvalue weighted by Crippen LogP contribution is -2.34. The van der Waals surface area contributed by atoms with E-state index in [-0.39, 0.29) is 0 Å². The van der Waals surface area contributed by atoms with E-state index in [2.05, 4.69) is 22.2 Å². The van der Waals surface area contributed by atoms with E-state index in [9.17, 15) is 0 Å². The van der Waals surface area contributed by atoms with Crippen molar-refractivity contribution in [1.82, 2.24) is 9.88 Å². The third-order valence-electron chi connectivity index (χ3n) is 3.13. The second kappa shape index (κ2) is 4.94. The van der Waals surface area contributed by atoms with Gasteiger partial charge in [0, 0.05) is 18.3 Å². The standard InChI is InChI=1S/C11H19N3S/c1-9-2-5-14(6-3-9)7-4-10-8-15-11(12)13-10/h8-9H,2-7H2,1H3,(H2,12,13). The fraction of sp³-hybridized carbons (Fsp3) is 0.727. The molecule has 1 aromatic heterocycles. The number of nitrogens with two attached hydrogens (primary N) is 1. The summed E-state index contributed by atoms with van der Waals surface area (Å²) >= 11 is 1.54. The summed E-state index contributed by atoms with van der Waals surface area (Å²) in [6.45, 7) is 5.98. The Labute approximate surface area is 95.3 Å². The fourth-order valence-electron chi connectivity index (χ4n) is 2.00. The molecule has 2 rings (SSSR count). The smallest absolute Gasteiger partial charge is 0.180 e. The summed E-state index contributed by atoms with van der Waals surface area (Å²) < 4.78 is 0. The highest BCUT2D eigenvalue weighted by Crippen LogP contribution is 2.17. The van der Waals surface area contributed by atoms with E-state index in [1.165, 1.54) is 37.3 Å². The lowest BCUT2D eigenvalue weighted by molar-refractivity contribution is 0.194. The van der Waals surface area contributed by atoms with E-state index < -0.39 is 0 Å². The predicted molar refractivity (Wildman–Crippen MR) is 65.1 cm³/mol. The molecule has 1 aromatic rings. The van der Waals surface area contributed by atoms with Gasteiger partial charge in [-0.1, -0.05) is 6.92 Å². The van der Waals surface area contributed by atoms with Gasteiger partial charge in [-0.3, -0.25) is 0 Å². The van der Waals surface area contributed by atoms with E-state index in [0.29, 0.717) is 5.13 Å². The van der Waals surface area contributed by atoms with Crippen molar-refractivity contribution in [2.75, 3.05) is 25.4 Å². The summed E-state index contributed by atoms with van der Waals surface area (Å²) in [6, 6.07) is 0. The van der Waals surface area contributed by atoms with Gasteiger partial charge in [0.2, 0.25) is 0 Å². The maximum atomic E-state index is 5.60.